The third-order valence-corrected chi connectivity index (χ3v) is 6.15. The van der Waals surface area contributed by atoms with Gasteiger partial charge in [-0.2, -0.15) is 0 Å². The second-order valence-electron chi connectivity index (χ2n) is 5.67. The van der Waals surface area contributed by atoms with E-state index in [4.69, 9.17) is 0 Å². The molecule has 0 spiro atoms. The highest BCUT2D eigenvalue weighted by Gasteiger charge is 2.46. The molecule has 0 aromatic rings. The van der Waals surface area contributed by atoms with Crippen LogP contribution in [-0.4, -0.2) is 56.4 Å². The van der Waals surface area contributed by atoms with Crippen LogP contribution in [0.2, 0.25) is 0 Å². The molecule has 0 unspecified atom stereocenters. The zero-order chi connectivity index (χ0) is 12.8. The maximum atomic E-state index is 12.3. The largest absolute Gasteiger partial charge is 0.341 e. The van der Waals surface area contributed by atoms with Crippen molar-refractivity contribution in [1.29, 1.82) is 0 Å². The predicted molar refractivity (Wildman–Crippen MR) is 65.4 cm³/mol. The van der Waals surface area contributed by atoms with Crippen LogP contribution in [0.4, 0.5) is 0 Å². The van der Waals surface area contributed by atoms with Gasteiger partial charge in [-0.3, -0.25) is 4.79 Å². The van der Waals surface area contributed by atoms with E-state index < -0.39 is 14.6 Å². The molecular weight excluding hydrogens is 240 g/mol. The van der Waals surface area contributed by atoms with Gasteiger partial charge in [0.25, 0.3) is 0 Å². The lowest BCUT2D eigenvalue weighted by atomic mass is 10.0. The van der Waals surface area contributed by atoms with Crippen LogP contribution in [0.1, 0.15) is 13.8 Å². The minimum Gasteiger partial charge on any atom is -0.341 e. The van der Waals surface area contributed by atoms with Gasteiger partial charge in [0.2, 0.25) is 5.91 Å². The van der Waals surface area contributed by atoms with Gasteiger partial charge in [0, 0.05) is 32.4 Å². The summed E-state index contributed by atoms with van der Waals surface area (Å²) < 4.78 is 22.0. The summed E-state index contributed by atoms with van der Waals surface area (Å²) in [5.74, 6) is 0.734. The molecule has 0 aliphatic carbocycles. The van der Waals surface area contributed by atoms with Crippen molar-refractivity contribution in [3.63, 3.8) is 0 Å². The zero-order valence-corrected chi connectivity index (χ0v) is 11.4. The predicted octanol–water partition coefficient (Wildman–Crippen LogP) is -0.513. The number of nitrogens with one attached hydrogen (secondary N) is 1. The molecule has 0 bridgehead atoms. The number of hydrogen-bond donors (Lipinski definition) is 1. The van der Waals surface area contributed by atoms with E-state index in [0.29, 0.717) is 24.9 Å². The van der Waals surface area contributed by atoms with Crippen LogP contribution in [0, 0.1) is 11.8 Å². The molecule has 2 fully saturated rings. The number of rotatable bonds is 2. The number of likely N-dealkylation sites (tertiary alicyclic amines) is 1. The number of fused-ring (bicyclic) bond motifs is 1. The summed E-state index contributed by atoms with van der Waals surface area (Å²) in [6.45, 7) is 6.25. The Balaban J connectivity index is 2.12. The van der Waals surface area contributed by atoms with E-state index in [9.17, 15) is 13.2 Å². The van der Waals surface area contributed by atoms with Gasteiger partial charge in [-0.1, -0.05) is 0 Å². The van der Waals surface area contributed by atoms with Crippen LogP contribution < -0.4 is 5.32 Å². The number of carbonyl (C=O) groups excluding carboxylic acids is 1. The van der Waals surface area contributed by atoms with Crippen LogP contribution >= 0.6 is 0 Å². The molecule has 0 aromatic heterocycles. The minimum absolute atomic E-state index is 0.255. The maximum Gasteiger partial charge on any atom is 0.243 e. The molecule has 0 aromatic carbocycles. The molecule has 2 rings (SSSR count). The monoisotopic (exact) mass is 260 g/mol. The van der Waals surface area contributed by atoms with Gasteiger partial charge in [0.15, 0.2) is 9.84 Å². The van der Waals surface area contributed by atoms with E-state index in [1.165, 1.54) is 13.8 Å². The molecular formula is C11H20N2O3S. The van der Waals surface area contributed by atoms with Crippen molar-refractivity contribution in [2.24, 2.45) is 11.8 Å². The SMILES string of the molecule is CC(C)(C(=O)N1C[C@H]2CNC[C@H]2C1)S(C)(=O)=O. The molecule has 17 heavy (non-hydrogen) atoms. The van der Waals surface area contributed by atoms with Crippen LogP contribution in [0.15, 0.2) is 0 Å². The van der Waals surface area contributed by atoms with Gasteiger partial charge in [-0.25, -0.2) is 8.42 Å². The molecule has 2 saturated heterocycles. The molecule has 0 saturated carbocycles. The fourth-order valence-corrected chi connectivity index (χ4v) is 3.01. The second kappa shape index (κ2) is 3.95. The van der Waals surface area contributed by atoms with Gasteiger partial charge in [-0.15, -0.1) is 0 Å². The van der Waals surface area contributed by atoms with E-state index in [0.717, 1.165) is 19.3 Å². The normalized spacial score (nSPS) is 29.5. The highest BCUT2D eigenvalue weighted by Crippen LogP contribution is 2.29. The highest BCUT2D eigenvalue weighted by atomic mass is 32.2. The maximum absolute atomic E-state index is 12.3. The summed E-state index contributed by atoms with van der Waals surface area (Å²) in [4.78, 5) is 14.0. The molecule has 98 valence electrons. The van der Waals surface area contributed by atoms with Crippen molar-refractivity contribution >= 4 is 15.7 Å². The summed E-state index contributed by atoms with van der Waals surface area (Å²) in [7, 11) is -3.37. The number of nitrogens with zero attached hydrogens (tertiary/aromatic N) is 1. The van der Waals surface area contributed by atoms with Crippen molar-refractivity contribution in [2.75, 3.05) is 32.4 Å². The first-order chi connectivity index (χ1) is 7.73. The summed E-state index contributed by atoms with van der Waals surface area (Å²) >= 11 is 0. The Morgan fingerprint density at radius 1 is 1.24 bits per heavy atom. The van der Waals surface area contributed by atoms with E-state index in [-0.39, 0.29) is 5.91 Å². The lowest BCUT2D eigenvalue weighted by molar-refractivity contribution is -0.132. The molecule has 2 aliphatic rings. The summed E-state index contributed by atoms with van der Waals surface area (Å²) in [6.07, 6.45) is 1.13. The summed E-state index contributed by atoms with van der Waals surface area (Å²) in [5, 5.41) is 3.30. The van der Waals surface area contributed by atoms with Gasteiger partial charge in [0.05, 0.1) is 0 Å². The molecule has 1 amide bonds. The molecule has 6 heteroatoms. The van der Waals surface area contributed by atoms with E-state index in [1.807, 2.05) is 0 Å². The lowest BCUT2D eigenvalue weighted by Gasteiger charge is -2.28. The molecule has 2 heterocycles. The third kappa shape index (κ3) is 2.08. The van der Waals surface area contributed by atoms with E-state index >= 15 is 0 Å². The zero-order valence-electron chi connectivity index (χ0n) is 10.6. The average molecular weight is 260 g/mol. The van der Waals surface area contributed by atoms with Crippen LogP contribution in [0.25, 0.3) is 0 Å². The van der Waals surface area contributed by atoms with E-state index in [2.05, 4.69) is 5.32 Å². The molecule has 0 radical (unpaired) electrons. The Kier molecular flexibility index (Phi) is 2.98. The van der Waals surface area contributed by atoms with Crippen molar-refractivity contribution in [1.82, 2.24) is 10.2 Å². The first-order valence-corrected chi connectivity index (χ1v) is 7.82. The molecule has 1 N–H and O–H groups in total. The molecule has 5 nitrogen and oxygen atoms in total. The van der Waals surface area contributed by atoms with Crippen molar-refractivity contribution < 1.29 is 13.2 Å². The quantitative estimate of drug-likeness (QED) is 0.726. The van der Waals surface area contributed by atoms with Crippen LogP contribution in [0.3, 0.4) is 0 Å². The average Bonchev–Trinajstić information content (AvgIpc) is 2.73. The lowest BCUT2D eigenvalue weighted by Crippen LogP contribution is -2.49. The number of hydrogen-bond acceptors (Lipinski definition) is 4. The second-order valence-corrected chi connectivity index (χ2v) is 8.24. The fourth-order valence-electron chi connectivity index (χ4n) is 2.56. The topological polar surface area (TPSA) is 66.5 Å². The first-order valence-electron chi connectivity index (χ1n) is 5.93. The van der Waals surface area contributed by atoms with Gasteiger partial charge in [0.1, 0.15) is 4.75 Å². The van der Waals surface area contributed by atoms with Gasteiger partial charge >= 0.3 is 0 Å². The standard InChI is InChI=1S/C11H20N2O3S/c1-11(2,17(3,15)16)10(14)13-6-8-4-12-5-9(8)7-13/h8-9,12H,4-7H2,1-3H3/t8-,9+. The minimum atomic E-state index is -3.37. The Morgan fingerprint density at radius 2 is 1.71 bits per heavy atom. The van der Waals surface area contributed by atoms with Gasteiger partial charge in [-0.05, 0) is 25.7 Å². The Labute approximate surface area is 102 Å². The summed E-state index contributed by atoms with van der Waals surface area (Å²) in [6, 6.07) is 0. The smallest absolute Gasteiger partial charge is 0.243 e. The van der Waals surface area contributed by atoms with Crippen LogP contribution in [-0.2, 0) is 14.6 Å². The first kappa shape index (κ1) is 12.8. The van der Waals surface area contributed by atoms with Crippen molar-refractivity contribution in [3.05, 3.63) is 0 Å². The molecule has 2 aliphatic heterocycles. The van der Waals surface area contributed by atoms with Crippen LogP contribution in [0.5, 0.6) is 0 Å². The highest BCUT2D eigenvalue weighted by molar-refractivity contribution is 7.92. The summed E-state index contributed by atoms with van der Waals surface area (Å²) in [5.41, 5.74) is 0. The van der Waals surface area contributed by atoms with Crippen molar-refractivity contribution in [2.45, 2.75) is 18.6 Å². The Hall–Kier alpha value is -0.620. The van der Waals surface area contributed by atoms with Gasteiger partial charge < -0.3 is 10.2 Å². The fraction of sp³-hybridized carbons (Fsp3) is 0.909. The third-order valence-electron chi connectivity index (χ3n) is 4.12. The Morgan fingerprint density at radius 3 is 2.12 bits per heavy atom. The van der Waals surface area contributed by atoms with Crippen molar-refractivity contribution in [3.8, 4) is 0 Å². The number of sulfone groups is 1. The number of amides is 1. The van der Waals surface area contributed by atoms with E-state index in [1.54, 1.807) is 4.90 Å². The number of carbonyl (C=O) groups is 1. The molecule has 2 atom stereocenters. The Bertz CT molecular complexity index is 418.